The van der Waals surface area contributed by atoms with E-state index in [-0.39, 0.29) is 31.1 Å². The summed E-state index contributed by atoms with van der Waals surface area (Å²) in [5.41, 5.74) is 0. The van der Waals surface area contributed by atoms with Crippen molar-refractivity contribution in [1.29, 1.82) is 0 Å². The molecule has 0 bridgehead atoms. The summed E-state index contributed by atoms with van der Waals surface area (Å²) < 4.78 is 16.6. The minimum atomic E-state index is -0.759. The third kappa shape index (κ3) is 41.4. The highest BCUT2D eigenvalue weighted by Gasteiger charge is 2.19. The van der Waals surface area contributed by atoms with Crippen molar-refractivity contribution in [3.05, 3.63) is 0 Å². The maximum Gasteiger partial charge on any atom is 0.306 e. The van der Waals surface area contributed by atoms with E-state index >= 15 is 0 Å². The maximum atomic E-state index is 12.7. The number of ether oxygens (including phenoxy) is 3. The van der Waals surface area contributed by atoms with Crippen LogP contribution in [0.5, 0.6) is 0 Å². The smallest absolute Gasteiger partial charge is 0.306 e. The second kappa shape index (κ2) is 40.1. The van der Waals surface area contributed by atoms with Crippen LogP contribution in [0, 0.1) is 11.8 Å². The van der Waals surface area contributed by atoms with Gasteiger partial charge in [0, 0.05) is 19.3 Å². The van der Waals surface area contributed by atoms with Crippen LogP contribution >= 0.6 is 0 Å². The van der Waals surface area contributed by atoms with Crippen molar-refractivity contribution in [2.24, 2.45) is 11.8 Å². The highest BCUT2D eigenvalue weighted by atomic mass is 16.6. The second-order valence-corrected chi connectivity index (χ2v) is 17.0. The molecular formula is C47H90O6. The molecule has 0 spiro atoms. The van der Waals surface area contributed by atoms with E-state index in [0.29, 0.717) is 19.3 Å². The van der Waals surface area contributed by atoms with E-state index in [1.165, 1.54) is 135 Å². The molecule has 0 saturated carbocycles. The standard InChI is InChI=1S/C47H90O6/c1-6-7-8-25-32-37-45(48)51-40-44(41-52-46(49)38-33-28-24-23-27-31-36-43(4)5)53-47(50)39-34-29-22-20-18-16-14-12-10-9-11-13-15-17-19-21-26-30-35-42(2)3/h42-44H,6-41H2,1-5H3/t44-/m1/s1. The molecule has 6 heteroatoms. The number of esters is 3. The van der Waals surface area contributed by atoms with Crippen LogP contribution < -0.4 is 0 Å². The van der Waals surface area contributed by atoms with Crippen molar-refractivity contribution in [2.75, 3.05) is 13.2 Å². The number of carbonyl (C=O) groups is 3. The van der Waals surface area contributed by atoms with Gasteiger partial charge in [-0.3, -0.25) is 14.4 Å². The zero-order chi connectivity index (χ0) is 39.0. The average Bonchev–Trinajstić information content (AvgIpc) is 3.12. The van der Waals surface area contributed by atoms with Crippen LogP contribution in [0.3, 0.4) is 0 Å². The van der Waals surface area contributed by atoms with Gasteiger partial charge in [-0.1, -0.05) is 214 Å². The Bertz CT molecular complexity index is 809. The van der Waals surface area contributed by atoms with E-state index in [2.05, 4.69) is 34.6 Å². The molecule has 0 saturated heterocycles. The van der Waals surface area contributed by atoms with Gasteiger partial charge in [0.2, 0.25) is 0 Å². The molecule has 0 amide bonds. The van der Waals surface area contributed by atoms with E-state index in [1.54, 1.807) is 0 Å². The molecule has 0 unspecified atom stereocenters. The van der Waals surface area contributed by atoms with E-state index in [4.69, 9.17) is 14.2 Å². The largest absolute Gasteiger partial charge is 0.462 e. The van der Waals surface area contributed by atoms with Gasteiger partial charge in [0.25, 0.3) is 0 Å². The molecule has 0 N–H and O–H groups in total. The molecule has 0 heterocycles. The first-order valence-corrected chi connectivity index (χ1v) is 23.2. The minimum absolute atomic E-state index is 0.0671. The molecule has 0 aliphatic heterocycles. The lowest BCUT2D eigenvalue weighted by molar-refractivity contribution is -0.167. The van der Waals surface area contributed by atoms with Crippen molar-refractivity contribution in [1.82, 2.24) is 0 Å². The topological polar surface area (TPSA) is 78.9 Å². The minimum Gasteiger partial charge on any atom is -0.462 e. The summed E-state index contributed by atoms with van der Waals surface area (Å²) in [4.78, 5) is 37.4. The molecule has 0 radical (unpaired) electrons. The Morgan fingerprint density at radius 3 is 0.925 bits per heavy atom. The van der Waals surface area contributed by atoms with E-state index in [9.17, 15) is 14.4 Å². The third-order valence-electron chi connectivity index (χ3n) is 10.5. The van der Waals surface area contributed by atoms with Crippen LogP contribution in [0.25, 0.3) is 0 Å². The van der Waals surface area contributed by atoms with Crippen molar-refractivity contribution in [3.8, 4) is 0 Å². The van der Waals surface area contributed by atoms with Gasteiger partial charge in [-0.2, -0.15) is 0 Å². The van der Waals surface area contributed by atoms with Crippen LogP contribution in [0.15, 0.2) is 0 Å². The van der Waals surface area contributed by atoms with Gasteiger partial charge in [0.15, 0.2) is 6.10 Å². The quantitative estimate of drug-likeness (QED) is 0.0352. The number of unbranched alkanes of at least 4 members (excludes halogenated alkanes) is 26. The fourth-order valence-corrected chi connectivity index (χ4v) is 6.93. The van der Waals surface area contributed by atoms with Crippen molar-refractivity contribution in [3.63, 3.8) is 0 Å². The zero-order valence-corrected chi connectivity index (χ0v) is 36.1. The molecule has 6 nitrogen and oxygen atoms in total. The van der Waals surface area contributed by atoms with Gasteiger partial charge in [0.05, 0.1) is 0 Å². The number of hydrogen-bond acceptors (Lipinski definition) is 6. The van der Waals surface area contributed by atoms with Crippen LogP contribution in [0.1, 0.15) is 253 Å². The van der Waals surface area contributed by atoms with Crippen LogP contribution in [0.4, 0.5) is 0 Å². The lowest BCUT2D eigenvalue weighted by atomic mass is 10.0. The van der Waals surface area contributed by atoms with Gasteiger partial charge in [0.1, 0.15) is 13.2 Å². The highest BCUT2D eigenvalue weighted by molar-refractivity contribution is 5.71. The molecule has 0 fully saturated rings. The monoisotopic (exact) mass is 751 g/mol. The molecule has 314 valence electrons. The summed E-state index contributed by atoms with van der Waals surface area (Å²) in [5.74, 6) is 0.747. The van der Waals surface area contributed by atoms with Crippen LogP contribution in [0.2, 0.25) is 0 Å². The number of carbonyl (C=O) groups excluding carboxylic acids is 3. The van der Waals surface area contributed by atoms with E-state index < -0.39 is 6.10 Å². The predicted octanol–water partition coefficient (Wildman–Crippen LogP) is 14.6. The van der Waals surface area contributed by atoms with E-state index in [0.717, 1.165) is 76.0 Å². The number of hydrogen-bond donors (Lipinski definition) is 0. The maximum absolute atomic E-state index is 12.7. The fraction of sp³-hybridized carbons (Fsp3) is 0.936. The molecule has 53 heavy (non-hydrogen) atoms. The molecule has 1 atom stereocenters. The lowest BCUT2D eigenvalue weighted by Gasteiger charge is -2.18. The normalized spacial score (nSPS) is 12.1. The average molecular weight is 751 g/mol. The summed E-state index contributed by atoms with van der Waals surface area (Å²) in [6, 6.07) is 0. The summed E-state index contributed by atoms with van der Waals surface area (Å²) >= 11 is 0. The zero-order valence-electron chi connectivity index (χ0n) is 36.1. The molecule has 0 aromatic carbocycles. The first-order valence-electron chi connectivity index (χ1n) is 23.2. The molecule has 0 aromatic rings. The summed E-state index contributed by atoms with van der Waals surface area (Å²) in [6.45, 7) is 11.2. The van der Waals surface area contributed by atoms with Crippen molar-refractivity contribution < 1.29 is 28.6 Å². The van der Waals surface area contributed by atoms with Gasteiger partial charge in [-0.25, -0.2) is 0 Å². The lowest BCUT2D eigenvalue weighted by Crippen LogP contribution is -2.30. The molecule has 0 aliphatic carbocycles. The third-order valence-corrected chi connectivity index (χ3v) is 10.5. The molecular weight excluding hydrogens is 661 g/mol. The van der Waals surface area contributed by atoms with E-state index in [1.807, 2.05) is 0 Å². The Labute approximate surface area is 329 Å². The van der Waals surface area contributed by atoms with Gasteiger partial charge in [-0.15, -0.1) is 0 Å². The Balaban J connectivity index is 4.06. The molecule has 0 rings (SSSR count). The second-order valence-electron chi connectivity index (χ2n) is 17.0. The van der Waals surface area contributed by atoms with Crippen LogP contribution in [-0.4, -0.2) is 37.2 Å². The summed E-state index contributed by atoms with van der Waals surface area (Å²) in [6.07, 6.45) is 38.6. The number of rotatable bonds is 41. The van der Waals surface area contributed by atoms with Crippen molar-refractivity contribution in [2.45, 2.75) is 259 Å². The first-order chi connectivity index (χ1) is 25.7. The van der Waals surface area contributed by atoms with Gasteiger partial charge < -0.3 is 14.2 Å². The summed E-state index contributed by atoms with van der Waals surface area (Å²) in [7, 11) is 0. The Kier molecular flexibility index (Phi) is 38.9. The molecule has 0 aliphatic rings. The first kappa shape index (κ1) is 51.4. The Morgan fingerprint density at radius 1 is 0.358 bits per heavy atom. The Hall–Kier alpha value is -1.59. The molecule has 0 aromatic heterocycles. The SMILES string of the molecule is CCCCCCCC(=O)OC[C@H](COC(=O)CCCCCCCCC(C)C)OC(=O)CCCCCCCCCCCCCCCCCCCCC(C)C. The fourth-order valence-electron chi connectivity index (χ4n) is 6.93. The van der Waals surface area contributed by atoms with Gasteiger partial charge >= 0.3 is 17.9 Å². The Morgan fingerprint density at radius 2 is 0.623 bits per heavy atom. The predicted molar refractivity (Wildman–Crippen MR) is 224 cm³/mol. The highest BCUT2D eigenvalue weighted by Crippen LogP contribution is 2.17. The van der Waals surface area contributed by atoms with Crippen LogP contribution in [-0.2, 0) is 28.6 Å². The summed E-state index contributed by atoms with van der Waals surface area (Å²) in [5, 5.41) is 0. The van der Waals surface area contributed by atoms with Gasteiger partial charge in [-0.05, 0) is 31.1 Å². The van der Waals surface area contributed by atoms with Crippen molar-refractivity contribution >= 4 is 17.9 Å².